The summed E-state index contributed by atoms with van der Waals surface area (Å²) < 4.78 is 9.72. The standard InChI is InChI=1S/C12H24N2O4/c1-12(2,3)18-11(16)14-8-6-7-9(13-4)10(15)17-5/h9,13H,6-8H2,1-5H3,(H,14,16). The minimum absolute atomic E-state index is 0.297. The van der Waals surface area contributed by atoms with Gasteiger partial charge in [-0.05, 0) is 40.7 Å². The van der Waals surface area contributed by atoms with Crippen LogP contribution in [0.15, 0.2) is 0 Å². The summed E-state index contributed by atoms with van der Waals surface area (Å²) in [5, 5.41) is 5.50. The second-order valence-corrected chi connectivity index (χ2v) is 4.94. The van der Waals surface area contributed by atoms with Crippen molar-refractivity contribution in [2.24, 2.45) is 0 Å². The summed E-state index contributed by atoms with van der Waals surface area (Å²) in [6.07, 6.45) is 0.820. The molecule has 1 atom stereocenters. The van der Waals surface area contributed by atoms with Crippen molar-refractivity contribution in [3.05, 3.63) is 0 Å². The lowest BCUT2D eigenvalue weighted by atomic mass is 10.1. The fourth-order valence-corrected chi connectivity index (χ4v) is 1.33. The lowest BCUT2D eigenvalue weighted by Crippen LogP contribution is -2.37. The molecular weight excluding hydrogens is 236 g/mol. The number of methoxy groups -OCH3 is 1. The van der Waals surface area contributed by atoms with Gasteiger partial charge in [-0.25, -0.2) is 4.79 Å². The van der Waals surface area contributed by atoms with Gasteiger partial charge in [-0.1, -0.05) is 0 Å². The van der Waals surface area contributed by atoms with Crippen LogP contribution in [0.2, 0.25) is 0 Å². The number of ether oxygens (including phenoxy) is 2. The normalized spacial score (nSPS) is 12.7. The SMILES string of the molecule is CNC(CCCNC(=O)OC(C)(C)C)C(=O)OC. The molecule has 0 fully saturated rings. The van der Waals surface area contributed by atoms with E-state index in [-0.39, 0.29) is 12.0 Å². The van der Waals surface area contributed by atoms with E-state index in [1.807, 2.05) is 0 Å². The van der Waals surface area contributed by atoms with Crippen molar-refractivity contribution in [2.75, 3.05) is 20.7 Å². The zero-order chi connectivity index (χ0) is 14.2. The molecule has 0 aromatic carbocycles. The van der Waals surface area contributed by atoms with Gasteiger partial charge in [-0.2, -0.15) is 0 Å². The Hall–Kier alpha value is -1.30. The monoisotopic (exact) mass is 260 g/mol. The molecule has 6 nitrogen and oxygen atoms in total. The Balaban J connectivity index is 3.79. The maximum atomic E-state index is 11.3. The first-order chi connectivity index (χ1) is 8.30. The number of nitrogens with one attached hydrogen (secondary N) is 2. The first-order valence-electron chi connectivity index (χ1n) is 6.02. The summed E-state index contributed by atoms with van der Waals surface area (Å²) in [7, 11) is 3.05. The molecule has 0 saturated heterocycles. The number of amides is 1. The molecule has 0 aliphatic heterocycles. The van der Waals surface area contributed by atoms with Crippen molar-refractivity contribution >= 4 is 12.1 Å². The number of hydrogen-bond acceptors (Lipinski definition) is 5. The zero-order valence-corrected chi connectivity index (χ0v) is 11.8. The Morgan fingerprint density at radius 2 is 1.89 bits per heavy atom. The Kier molecular flexibility index (Phi) is 7.35. The molecule has 0 heterocycles. The number of carbonyl (C=O) groups excluding carboxylic acids is 2. The Morgan fingerprint density at radius 3 is 2.33 bits per heavy atom. The third-order valence-electron chi connectivity index (χ3n) is 2.17. The fraction of sp³-hybridized carbons (Fsp3) is 0.833. The van der Waals surface area contributed by atoms with Gasteiger partial charge < -0.3 is 20.1 Å². The Labute approximate surface area is 108 Å². The van der Waals surface area contributed by atoms with Gasteiger partial charge in [-0.15, -0.1) is 0 Å². The highest BCUT2D eigenvalue weighted by Crippen LogP contribution is 2.06. The number of carbonyl (C=O) groups is 2. The van der Waals surface area contributed by atoms with Crippen molar-refractivity contribution in [1.29, 1.82) is 0 Å². The van der Waals surface area contributed by atoms with Gasteiger partial charge in [0.25, 0.3) is 0 Å². The first-order valence-corrected chi connectivity index (χ1v) is 6.02. The molecule has 0 aliphatic carbocycles. The van der Waals surface area contributed by atoms with E-state index in [1.165, 1.54) is 7.11 Å². The van der Waals surface area contributed by atoms with Gasteiger partial charge >= 0.3 is 12.1 Å². The van der Waals surface area contributed by atoms with Crippen LogP contribution in [-0.2, 0) is 14.3 Å². The van der Waals surface area contributed by atoms with Crippen LogP contribution in [-0.4, -0.2) is 44.4 Å². The number of rotatable bonds is 6. The van der Waals surface area contributed by atoms with Crippen LogP contribution in [0.4, 0.5) is 4.79 Å². The van der Waals surface area contributed by atoms with Gasteiger partial charge in [0.1, 0.15) is 11.6 Å². The second kappa shape index (κ2) is 7.92. The summed E-state index contributed by atoms with van der Waals surface area (Å²) in [5.74, 6) is -0.297. The van der Waals surface area contributed by atoms with Gasteiger partial charge in [0.15, 0.2) is 0 Å². The third-order valence-corrected chi connectivity index (χ3v) is 2.17. The van der Waals surface area contributed by atoms with Gasteiger partial charge in [0.2, 0.25) is 0 Å². The smallest absolute Gasteiger partial charge is 0.407 e. The average Bonchev–Trinajstić information content (AvgIpc) is 2.26. The predicted molar refractivity (Wildman–Crippen MR) is 68.3 cm³/mol. The minimum Gasteiger partial charge on any atom is -0.468 e. The topological polar surface area (TPSA) is 76.7 Å². The van der Waals surface area contributed by atoms with Crippen molar-refractivity contribution < 1.29 is 19.1 Å². The van der Waals surface area contributed by atoms with Crippen molar-refractivity contribution in [3.8, 4) is 0 Å². The molecule has 0 saturated carbocycles. The van der Waals surface area contributed by atoms with Gasteiger partial charge in [0, 0.05) is 6.54 Å². The molecule has 0 bridgehead atoms. The van der Waals surface area contributed by atoms with E-state index in [4.69, 9.17) is 4.74 Å². The number of alkyl carbamates (subject to hydrolysis) is 1. The molecule has 0 aromatic heterocycles. The highest BCUT2D eigenvalue weighted by atomic mass is 16.6. The summed E-state index contributed by atoms with van der Waals surface area (Å²) in [6.45, 7) is 5.88. The molecule has 0 aromatic rings. The first kappa shape index (κ1) is 16.7. The van der Waals surface area contributed by atoms with E-state index < -0.39 is 11.7 Å². The zero-order valence-electron chi connectivity index (χ0n) is 11.8. The maximum absolute atomic E-state index is 11.3. The molecule has 1 unspecified atom stereocenters. The fourth-order valence-electron chi connectivity index (χ4n) is 1.33. The van der Waals surface area contributed by atoms with E-state index >= 15 is 0 Å². The maximum Gasteiger partial charge on any atom is 0.407 e. The number of esters is 1. The second-order valence-electron chi connectivity index (χ2n) is 4.94. The lowest BCUT2D eigenvalue weighted by molar-refractivity contribution is -0.143. The largest absolute Gasteiger partial charge is 0.468 e. The van der Waals surface area contributed by atoms with Gasteiger partial charge in [-0.3, -0.25) is 4.79 Å². The van der Waals surface area contributed by atoms with Crippen molar-refractivity contribution in [1.82, 2.24) is 10.6 Å². The summed E-state index contributed by atoms with van der Waals surface area (Å²) in [6, 6.07) is -0.338. The molecule has 106 valence electrons. The van der Waals surface area contributed by atoms with Crippen LogP contribution >= 0.6 is 0 Å². The third kappa shape index (κ3) is 7.89. The van der Waals surface area contributed by atoms with Crippen LogP contribution in [0.5, 0.6) is 0 Å². The molecular formula is C12H24N2O4. The van der Waals surface area contributed by atoms with Crippen LogP contribution in [0.1, 0.15) is 33.6 Å². The number of hydrogen-bond donors (Lipinski definition) is 2. The van der Waals surface area contributed by atoms with Crippen LogP contribution in [0.25, 0.3) is 0 Å². The number of likely N-dealkylation sites (N-methyl/N-ethyl adjacent to an activating group) is 1. The van der Waals surface area contributed by atoms with Crippen molar-refractivity contribution in [3.63, 3.8) is 0 Å². The highest BCUT2D eigenvalue weighted by molar-refractivity contribution is 5.75. The average molecular weight is 260 g/mol. The van der Waals surface area contributed by atoms with E-state index in [0.29, 0.717) is 19.4 Å². The molecule has 6 heteroatoms. The Bertz CT molecular complexity index is 274. The minimum atomic E-state index is -0.496. The molecule has 0 spiro atoms. The Morgan fingerprint density at radius 1 is 1.28 bits per heavy atom. The van der Waals surface area contributed by atoms with E-state index in [0.717, 1.165) is 0 Å². The molecule has 0 aliphatic rings. The molecule has 1 amide bonds. The molecule has 2 N–H and O–H groups in total. The van der Waals surface area contributed by atoms with Crippen LogP contribution in [0, 0.1) is 0 Å². The van der Waals surface area contributed by atoms with Gasteiger partial charge in [0.05, 0.1) is 7.11 Å². The lowest BCUT2D eigenvalue weighted by Gasteiger charge is -2.20. The quantitative estimate of drug-likeness (QED) is 0.551. The molecule has 0 radical (unpaired) electrons. The summed E-state index contributed by atoms with van der Waals surface area (Å²) >= 11 is 0. The van der Waals surface area contributed by atoms with Crippen molar-refractivity contribution in [2.45, 2.75) is 45.3 Å². The van der Waals surface area contributed by atoms with E-state index in [1.54, 1.807) is 27.8 Å². The molecule has 0 rings (SSSR count). The van der Waals surface area contributed by atoms with Crippen LogP contribution in [0.3, 0.4) is 0 Å². The predicted octanol–water partition coefficient (Wildman–Crippen LogP) is 1.05. The summed E-state index contributed by atoms with van der Waals surface area (Å²) in [4.78, 5) is 22.6. The molecule has 18 heavy (non-hydrogen) atoms. The van der Waals surface area contributed by atoms with E-state index in [2.05, 4.69) is 15.4 Å². The van der Waals surface area contributed by atoms with Crippen LogP contribution < -0.4 is 10.6 Å². The summed E-state index contributed by atoms with van der Waals surface area (Å²) in [5.41, 5.74) is -0.496. The van der Waals surface area contributed by atoms with E-state index in [9.17, 15) is 9.59 Å². The highest BCUT2D eigenvalue weighted by Gasteiger charge is 2.17.